The van der Waals surface area contributed by atoms with Crippen LogP contribution in [0.5, 0.6) is 0 Å². The molecule has 0 saturated heterocycles. The van der Waals surface area contributed by atoms with E-state index in [1.54, 1.807) is 0 Å². The van der Waals surface area contributed by atoms with Gasteiger partial charge in [0.1, 0.15) is 0 Å². The molecule has 0 heterocycles. The Morgan fingerprint density at radius 3 is 2.14 bits per heavy atom. The largest absolute Gasteiger partial charge is 0.399 e. The number of hydrogen-bond donors (Lipinski definition) is 1. The zero-order valence-electron chi connectivity index (χ0n) is 13.6. The van der Waals surface area contributed by atoms with E-state index in [0.717, 1.165) is 18.7 Å². The lowest BCUT2D eigenvalue weighted by atomic mass is 9.97. The summed E-state index contributed by atoms with van der Waals surface area (Å²) >= 11 is 0. The van der Waals surface area contributed by atoms with Gasteiger partial charge in [-0.2, -0.15) is 0 Å². The Morgan fingerprint density at radius 1 is 1.00 bits per heavy atom. The Kier molecular flexibility index (Phi) is 4.89. The molecule has 2 aromatic carbocycles. The van der Waals surface area contributed by atoms with E-state index in [9.17, 15) is 0 Å². The van der Waals surface area contributed by atoms with E-state index in [1.807, 2.05) is 12.1 Å². The molecule has 2 aromatic rings. The predicted octanol–water partition coefficient (Wildman–Crippen LogP) is 4.52. The first-order chi connectivity index (χ1) is 9.95. The van der Waals surface area contributed by atoms with Crippen LogP contribution >= 0.6 is 0 Å². The predicted molar refractivity (Wildman–Crippen MR) is 93.1 cm³/mol. The Morgan fingerprint density at radius 2 is 1.57 bits per heavy atom. The maximum absolute atomic E-state index is 5.75. The minimum atomic E-state index is 0.541. The number of nitrogens with two attached hydrogens (primary N) is 1. The molecular formula is C19H26N2. The molecular weight excluding hydrogens is 256 g/mol. The molecule has 0 aliphatic heterocycles. The van der Waals surface area contributed by atoms with Crippen molar-refractivity contribution in [2.24, 2.45) is 0 Å². The van der Waals surface area contributed by atoms with Gasteiger partial charge in [-0.3, -0.25) is 0 Å². The molecule has 21 heavy (non-hydrogen) atoms. The van der Waals surface area contributed by atoms with Crippen LogP contribution in [0.3, 0.4) is 0 Å². The minimum Gasteiger partial charge on any atom is -0.399 e. The van der Waals surface area contributed by atoms with Crippen molar-refractivity contribution in [1.82, 2.24) is 0 Å². The van der Waals surface area contributed by atoms with Crippen molar-refractivity contribution >= 4 is 11.4 Å². The topological polar surface area (TPSA) is 29.3 Å². The van der Waals surface area contributed by atoms with Crippen LogP contribution in [0.2, 0.25) is 0 Å². The SMILES string of the molecule is Cc1cc(C)cc(N(C)CCC(C)c2ccc(N)cc2)c1. The summed E-state index contributed by atoms with van der Waals surface area (Å²) < 4.78 is 0. The van der Waals surface area contributed by atoms with Crippen molar-refractivity contribution in [3.63, 3.8) is 0 Å². The van der Waals surface area contributed by atoms with Crippen LogP contribution in [0.1, 0.15) is 36.0 Å². The third kappa shape index (κ3) is 4.25. The van der Waals surface area contributed by atoms with Crippen LogP contribution in [0, 0.1) is 13.8 Å². The molecule has 2 rings (SSSR count). The maximum atomic E-state index is 5.75. The lowest BCUT2D eigenvalue weighted by molar-refractivity contribution is 0.671. The fraction of sp³-hybridized carbons (Fsp3) is 0.368. The first kappa shape index (κ1) is 15.4. The second-order valence-corrected chi connectivity index (χ2v) is 6.12. The molecule has 0 aliphatic rings. The van der Waals surface area contributed by atoms with E-state index >= 15 is 0 Å². The molecule has 0 spiro atoms. The summed E-state index contributed by atoms with van der Waals surface area (Å²) in [5, 5.41) is 0. The number of nitrogens with zero attached hydrogens (tertiary/aromatic N) is 1. The van der Waals surface area contributed by atoms with E-state index in [4.69, 9.17) is 5.73 Å². The first-order valence-corrected chi connectivity index (χ1v) is 7.60. The highest BCUT2D eigenvalue weighted by Crippen LogP contribution is 2.23. The van der Waals surface area contributed by atoms with E-state index < -0.39 is 0 Å². The van der Waals surface area contributed by atoms with Crippen LogP contribution in [0.15, 0.2) is 42.5 Å². The van der Waals surface area contributed by atoms with Crippen LogP contribution in [-0.4, -0.2) is 13.6 Å². The minimum absolute atomic E-state index is 0.541. The third-order valence-corrected chi connectivity index (χ3v) is 4.05. The monoisotopic (exact) mass is 282 g/mol. The molecule has 0 radical (unpaired) electrons. The van der Waals surface area contributed by atoms with Gasteiger partial charge >= 0.3 is 0 Å². The average Bonchev–Trinajstić information content (AvgIpc) is 2.44. The van der Waals surface area contributed by atoms with Crippen LogP contribution in [0.4, 0.5) is 11.4 Å². The van der Waals surface area contributed by atoms with Gasteiger partial charge in [0.15, 0.2) is 0 Å². The van der Waals surface area contributed by atoms with E-state index in [0.29, 0.717) is 5.92 Å². The van der Waals surface area contributed by atoms with Gasteiger partial charge in [-0.05, 0) is 67.1 Å². The summed E-state index contributed by atoms with van der Waals surface area (Å²) in [6.07, 6.45) is 1.13. The van der Waals surface area contributed by atoms with Gasteiger partial charge < -0.3 is 10.6 Å². The van der Waals surface area contributed by atoms with E-state index in [2.05, 4.69) is 63.1 Å². The summed E-state index contributed by atoms with van der Waals surface area (Å²) in [7, 11) is 2.17. The Balaban J connectivity index is 1.97. The standard InChI is InChI=1S/C19H26N2/c1-14-11-15(2)13-19(12-14)21(4)10-9-16(3)17-5-7-18(20)8-6-17/h5-8,11-13,16H,9-10,20H2,1-4H3. The fourth-order valence-corrected chi connectivity index (χ4v) is 2.68. The molecule has 112 valence electrons. The highest BCUT2D eigenvalue weighted by molar-refractivity contribution is 5.50. The highest BCUT2D eigenvalue weighted by atomic mass is 15.1. The molecule has 0 amide bonds. The zero-order valence-corrected chi connectivity index (χ0v) is 13.6. The first-order valence-electron chi connectivity index (χ1n) is 7.60. The number of benzene rings is 2. The lowest BCUT2D eigenvalue weighted by Crippen LogP contribution is -2.20. The van der Waals surface area contributed by atoms with Crippen LogP contribution < -0.4 is 10.6 Å². The summed E-state index contributed by atoms with van der Waals surface area (Å²) in [5.74, 6) is 0.541. The molecule has 2 nitrogen and oxygen atoms in total. The molecule has 0 bridgehead atoms. The molecule has 0 aromatic heterocycles. The molecule has 0 aliphatic carbocycles. The van der Waals surface area contributed by atoms with Gasteiger partial charge in [-0.1, -0.05) is 25.1 Å². The summed E-state index contributed by atoms with van der Waals surface area (Å²) in [6.45, 7) is 7.64. The van der Waals surface area contributed by atoms with Gasteiger partial charge in [0.2, 0.25) is 0 Å². The smallest absolute Gasteiger partial charge is 0.0368 e. The molecule has 0 fully saturated rings. The van der Waals surface area contributed by atoms with Gasteiger partial charge in [-0.15, -0.1) is 0 Å². The van der Waals surface area contributed by atoms with Crippen molar-refractivity contribution < 1.29 is 0 Å². The average molecular weight is 282 g/mol. The Hall–Kier alpha value is -1.96. The van der Waals surface area contributed by atoms with Crippen LogP contribution in [-0.2, 0) is 0 Å². The number of nitrogen functional groups attached to an aromatic ring is 1. The van der Waals surface area contributed by atoms with Gasteiger partial charge in [0.25, 0.3) is 0 Å². The second-order valence-electron chi connectivity index (χ2n) is 6.12. The lowest BCUT2D eigenvalue weighted by Gasteiger charge is -2.22. The number of rotatable bonds is 5. The van der Waals surface area contributed by atoms with Crippen LogP contribution in [0.25, 0.3) is 0 Å². The van der Waals surface area contributed by atoms with Gasteiger partial charge in [0, 0.05) is 25.0 Å². The number of aryl methyl sites for hydroxylation is 2. The van der Waals surface area contributed by atoms with E-state index in [1.165, 1.54) is 22.4 Å². The van der Waals surface area contributed by atoms with E-state index in [-0.39, 0.29) is 0 Å². The quantitative estimate of drug-likeness (QED) is 0.817. The third-order valence-electron chi connectivity index (χ3n) is 4.05. The van der Waals surface area contributed by atoms with Gasteiger partial charge in [-0.25, -0.2) is 0 Å². The summed E-state index contributed by atoms with van der Waals surface area (Å²) in [4.78, 5) is 2.34. The molecule has 2 heteroatoms. The fourth-order valence-electron chi connectivity index (χ4n) is 2.68. The molecule has 1 unspecified atom stereocenters. The zero-order chi connectivity index (χ0) is 15.4. The molecule has 1 atom stereocenters. The summed E-state index contributed by atoms with van der Waals surface area (Å²) in [6, 6.07) is 15.0. The van der Waals surface area contributed by atoms with Crippen molar-refractivity contribution in [2.45, 2.75) is 33.1 Å². The maximum Gasteiger partial charge on any atom is 0.0368 e. The van der Waals surface area contributed by atoms with Crippen molar-refractivity contribution in [3.05, 3.63) is 59.2 Å². The van der Waals surface area contributed by atoms with Crippen molar-refractivity contribution in [3.8, 4) is 0 Å². The Labute approximate surface area is 128 Å². The Bertz CT molecular complexity index is 567. The second kappa shape index (κ2) is 6.66. The normalized spacial score (nSPS) is 12.2. The van der Waals surface area contributed by atoms with Crippen molar-refractivity contribution in [1.29, 1.82) is 0 Å². The molecule has 0 saturated carbocycles. The summed E-state index contributed by atoms with van der Waals surface area (Å²) in [5.41, 5.74) is 11.9. The van der Waals surface area contributed by atoms with Crippen molar-refractivity contribution in [2.75, 3.05) is 24.2 Å². The number of anilines is 2. The molecule has 2 N–H and O–H groups in total. The highest BCUT2D eigenvalue weighted by Gasteiger charge is 2.08. The number of hydrogen-bond acceptors (Lipinski definition) is 2. The van der Waals surface area contributed by atoms with Gasteiger partial charge in [0.05, 0.1) is 0 Å².